The van der Waals surface area contributed by atoms with Gasteiger partial charge in [0.2, 0.25) is 0 Å². The maximum Gasteiger partial charge on any atom is 0.136 e. The molecule has 106 valence electrons. The molecular weight excluding hydrogens is 329 g/mol. The van der Waals surface area contributed by atoms with Crippen LogP contribution >= 0.6 is 15.9 Å². The van der Waals surface area contributed by atoms with Crippen molar-refractivity contribution in [3.63, 3.8) is 0 Å². The summed E-state index contributed by atoms with van der Waals surface area (Å²) in [5.74, 6) is -0.318. The minimum absolute atomic E-state index is 0.218. The van der Waals surface area contributed by atoms with Gasteiger partial charge >= 0.3 is 0 Å². The van der Waals surface area contributed by atoms with Crippen LogP contribution in [0.15, 0.2) is 35.3 Å². The molecule has 2 atom stereocenters. The quantitative estimate of drug-likeness (QED) is 0.638. The predicted molar refractivity (Wildman–Crippen MR) is 82.7 cm³/mol. The topological polar surface area (TPSA) is 35.1 Å². The molecule has 0 spiro atoms. The molecule has 0 saturated carbocycles. The zero-order valence-corrected chi connectivity index (χ0v) is 13.8. The first-order chi connectivity index (χ1) is 8.74. The molecule has 0 aliphatic rings. The maximum absolute atomic E-state index is 13.4. The Labute approximate surface area is 125 Å². The zero-order chi connectivity index (χ0) is 14.6. The van der Waals surface area contributed by atoms with Gasteiger partial charge in [-0.2, -0.15) is 0 Å². The third kappa shape index (κ3) is 5.26. The van der Waals surface area contributed by atoms with E-state index in [-0.39, 0.29) is 16.6 Å². The predicted octanol–water partition coefficient (Wildman–Crippen LogP) is 4.26. The summed E-state index contributed by atoms with van der Waals surface area (Å²) in [6.45, 7) is 9.37. The summed E-state index contributed by atoms with van der Waals surface area (Å²) in [6.07, 6.45) is 2.31. The van der Waals surface area contributed by atoms with Crippen LogP contribution in [0.1, 0.15) is 38.8 Å². The highest BCUT2D eigenvalue weighted by molar-refractivity contribution is 9.10. The third-order valence-electron chi connectivity index (χ3n) is 2.50. The Morgan fingerprint density at radius 1 is 1.47 bits per heavy atom. The molecule has 0 radical (unpaired) electrons. The van der Waals surface area contributed by atoms with Gasteiger partial charge in [0, 0.05) is 15.8 Å². The van der Waals surface area contributed by atoms with E-state index in [9.17, 15) is 8.94 Å². The molecule has 1 rings (SSSR count). The van der Waals surface area contributed by atoms with Crippen LogP contribution in [0.25, 0.3) is 0 Å². The largest absolute Gasteiger partial charge is 0.598 e. The summed E-state index contributed by atoms with van der Waals surface area (Å²) in [6, 6.07) is 4.45. The molecule has 0 aliphatic carbocycles. The number of hydrogen-bond donors (Lipinski definition) is 1. The van der Waals surface area contributed by atoms with Crippen LogP contribution < -0.4 is 4.72 Å². The van der Waals surface area contributed by atoms with Gasteiger partial charge in [-0.3, -0.25) is 0 Å². The molecule has 0 amide bonds. The lowest BCUT2D eigenvalue weighted by Crippen LogP contribution is -2.41. The normalized spacial score (nSPS) is 15.1. The van der Waals surface area contributed by atoms with Crippen molar-refractivity contribution < 1.29 is 8.94 Å². The smallest absolute Gasteiger partial charge is 0.136 e. The van der Waals surface area contributed by atoms with Crippen molar-refractivity contribution in [2.45, 2.75) is 38.0 Å². The summed E-state index contributed by atoms with van der Waals surface area (Å²) in [4.78, 5) is 0. The molecule has 0 saturated heterocycles. The van der Waals surface area contributed by atoms with E-state index in [0.717, 1.165) is 5.56 Å². The molecule has 1 N–H and O–H groups in total. The van der Waals surface area contributed by atoms with E-state index < -0.39 is 11.4 Å². The highest BCUT2D eigenvalue weighted by Crippen LogP contribution is 2.26. The van der Waals surface area contributed by atoms with Crippen LogP contribution in [0.2, 0.25) is 0 Å². The molecule has 19 heavy (non-hydrogen) atoms. The first-order valence-corrected chi connectivity index (χ1v) is 7.93. The third-order valence-corrected chi connectivity index (χ3v) is 4.56. The van der Waals surface area contributed by atoms with Crippen molar-refractivity contribution in [3.05, 3.63) is 46.7 Å². The second-order valence-electron chi connectivity index (χ2n) is 5.28. The van der Waals surface area contributed by atoms with Crippen molar-refractivity contribution in [2.75, 3.05) is 0 Å². The van der Waals surface area contributed by atoms with Crippen LogP contribution in [0.4, 0.5) is 4.39 Å². The molecule has 5 heteroatoms. The van der Waals surface area contributed by atoms with E-state index >= 15 is 0 Å². The minimum Gasteiger partial charge on any atom is -0.598 e. The van der Waals surface area contributed by atoms with Gasteiger partial charge in [0.05, 0.1) is 6.04 Å². The fraction of sp³-hybridized carbons (Fsp3) is 0.429. The first kappa shape index (κ1) is 16.7. The highest BCUT2D eigenvalue weighted by Gasteiger charge is 2.29. The van der Waals surface area contributed by atoms with Crippen molar-refractivity contribution in [2.24, 2.45) is 0 Å². The molecular formula is C14H19BrFNOS. The molecule has 0 fully saturated rings. The van der Waals surface area contributed by atoms with Crippen LogP contribution in [0.5, 0.6) is 0 Å². The Balaban J connectivity index is 2.96. The van der Waals surface area contributed by atoms with Gasteiger partial charge < -0.3 is 4.55 Å². The lowest BCUT2D eigenvalue weighted by atomic mass is 10.0. The number of nitrogens with one attached hydrogen (secondary N) is 1. The number of hydrogen-bond acceptors (Lipinski definition) is 2. The van der Waals surface area contributed by atoms with Crippen LogP contribution in [0, 0.1) is 5.82 Å². The van der Waals surface area contributed by atoms with Gasteiger partial charge in [-0.1, -0.05) is 22.0 Å². The second kappa shape index (κ2) is 6.88. The molecule has 1 unspecified atom stereocenters. The monoisotopic (exact) mass is 347 g/mol. The van der Waals surface area contributed by atoms with Crippen LogP contribution in [-0.4, -0.2) is 9.30 Å². The van der Waals surface area contributed by atoms with E-state index in [1.165, 1.54) is 12.1 Å². The molecule has 0 bridgehead atoms. The molecule has 1 aromatic carbocycles. The fourth-order valence-corrected chi connectivity index (χ4v) is 2.83. The average molecular weight is 348 g/mol. The SMILES string of the molecule is C=CCC(N[S@+]([O-])C(C)(C)C)c1cc(F)cc(Br)c1. The fourth-order valence-electron chi connectivity index (χ4n) is 1.50. The van der Waals surface area contributed by atoms with Crippen LogP contribution in [-0.2, 0) is 11.4 Å². The average Bonchev–Trinajstić information content (AvgIpc) is 2.25. The van der Waals surface area contributed by atoms with Gasteiger partial charge in [-0.15, -0.1) is 11.3 Å². The Morgan fingerprint density at radius 2 is 2.11 bits per heavy atom. The van der Waals surface area contributed by atoms with Crippen LogP contribution in [0.3, 0.4) is 0 Å². The number of benzene rings is 1. The van der Waals surface area contributed by atoms with Crippen molar-refractivity contribution in [1.29, 1.82) is 0 Å². The molecule has 0 aliphatic heterocycles. The van der Waals surface area contributed by atoms with E-state index in [0.29, 0.717) is 10.9 Å². The van der Waals surface area contributed by atoms with Gasteiger partial charge in [0.15, 0.2) is 0 Å². The highest BCUT2D eigenvalue weighted by atomic mass is 79.9. The van der Waals surface area contributed by atoms with E-state index in [1.807, 2.05) is 26.8 Å². The first-order valence-electron chi connectivity index (χ1n) is 5.99. The summed E-state index contributed by atoms with van der Waals surface area (Å²) in [5, 5.41) is 0. The van der Waals surface area contributed by atoms with Gasteiger partial charge in [-0.05, 0) is 51.0 Å². The lowest BCUT2D eigenvalue weighted by molar-refractivity contribution is 0.522. The Morgan fingerprint density at radius 3 is 2.58 bits per heavy atom. The van der Waals surface area contributed by atoms with Gasteiger partial charge in [-0.25, -0.2) is 4.39 Å². The zero-order valence-electron chi connectivity index (χ0n) is 11.4. The van der Waals surface area contributed by atoms with Crippen molar-refractivity contribution in [3.8, 4) is 0 Å². The number of rotatable bonds is 5. The standard InChI is InChI=1S/C14H19BrFNOS/c1-5-6-13(17-19(18)14(2,3)4)10-7-11(15)9-12(16)8-10/h5,7-9,13,17H,1,6H2,2-4H3/t13?,19-/m1/s1. The summed E-state index contributed by atoms with van der Waals surface area (Å²) in [7, 11) is 0. The van der Waals surface area contributed by atoms with E-state index in [1.54, 1.807) is 6.08 Å². The molecule has 0 heterocycles. The molecule has 1 aromatic rings. The summed E-state index contributed by atoms with van der Waals surface area (Å²) >= 11 is 2.05. The summed E-state index contributed by atoms with van der Waals surface area (Å²) in [5.41, 5.74) is 0.754. The summed E-state index contributed by atoms with van der Waals surface area (Å²) < 4.78 is 28.9. The Bertz CT molecular complexity index is 427. The van der Waals surface area contributed by atoms with E-state index in [2.05, 4.69) is 27.2 Å². The lowest BCUT2D eigenvalue weighted by Gasteiger charge is -2.27. The number of halogens is 2. The maximum atomic E-state index is 13.4. The van der Waals surface area contributed by atoms with Crippen molar-refractivity contribution >= 4 is 27.3 Å². The minimum atomic E-state index is -1.22. The van der Waals surface area contributed by atoms with Gasteiger partial charge in [0.25, 0.3) is 0 Å². The van der Waals surface area contributed by atoms with Crippen molar-refractivity contribution in [1.82, 2.24) is 4.72 Å². The van der Waals surface area contributed by atoms with Gasteiger partial charge in [0.1, 0.15) is 10.6 Å². The molecule has 0 aromatic heterocycles. The molecule has 2 nitrogen and oxygen atoms in total. The van der Waals surface area contributed by atoms with E-state index in [4.69, 9.17) is 0 Å². The Kier molecular flexibility index (Phi) is 6.05. The second-order valence-corrected chi connectivity index (χ2v) is 8.19. The Hall–Kier alpha value is -0.360.